The highest BCUT2D eigenvalue weighted by Crippen LogP contribution is 2.14. The van der Waals surface area contributed by atoms with Crippen molar-refractivity contribution in [2.45, 2.75) is 39.2 Å². The van der Waals surface area contributed by atoms with Crippen molar-refractivity contribution in [1.29, 1.82) is 0 Å². The van der Waals surface area contributed by atoms with Crippen LogP contribution in [0, 0.1) is 5.92 Å². The predicted molar refractivity (Wildman–Crippen MR) is 71.7 cm³/mol. The lowest BCUT2D eigenvalue weighted by Gasteiger charge is -2.26. The van der Waals surface area contributed by atoms with Crippen molar-refractivity contribution in [3.8, 4) is 0 Å². The summed E-state index contributed by atoms with van der Waals surface area (Å²) >= 11 is 4.93. The second kappa shape index (κ2) is 7.20. The Hall–Kier alpha value is -0.190. The van der Waals surface area contributed by atoms with Gasteiger partial charge in [-0.2, -0.15) is 0 Å². The van der Waals surface area contributed by atoms with Crippen LogP contribution in [0.4, 0.5) is 0 Å². The van der Waals surface area contributed by atoms with Gasteiger partial charge in [0.05, 0.1) is 11.1 Å². The van der Waals surface area contributed by atoms with Crippen molar-refractivity contribution in [1.82, 2.24) is 4.90 Å². The van der Waals surface area contributed by atoms with Crippen LogP contribution < -0.4 is 5.73 Å². The van der Waals surface area contributed by atoms with Gasteiger partial charge < -0.3 is 15.4 Å². The quantitative estimate of drug-likeness (QED) is 0.693. The minimum absolute atomic E-state index is 0.421. The Morgan fingerprint density at radius 1 is 1.56 bits per heavy atom. The normalized spacial score (nSPS) is 20.9. The summed E-state index contributed by atoms with van der Waals surface area (Å²) in [4.78, 5) is 3.04. The van der Waals surface area contributed by atoms with E-state index in [9.17, 15) is 0 Å². The summed E-state index contributed by atoms with van der Waals surface area (Å²) in [5.41, 5.74) is 5.55. The van der Waals surface area contributed by atoms with E-state index < -0.39 is 0 Å². The Labute approximate surface area is 104 Å². The molecule has 0 aromatic heterocycles. The van der Waals surface area contributed by atoms with Crippen LogP contribution in [-0.2, 0) is 4.74 Å². The number of rotatable bonds is 7. The fraction of sp³-hybridized carbons (Fsp3) is 0.917. The number of hydrogen-bond acceptors (Lipinski definition) is 3. The van der Waals surface area contributed by atoms with Gasteiger partial charge in [0.25, 0.3) is 0 Å². The third-order valence-electron chi connectivity index (χ3n) is 2.78. The smallest absolute Gasteiger partial charge is 0.0740 e. The number of ether oxygens (including phenoxy) is 1. The largest absolute Gasteiger partial charge is 0.393 e. The highest BCUT2D eigenvalue weighted by molar-refractivity contribution is 7.80. The number of hydrogen-bond donors (Lipinski definition) is 1. The van der Waals surface area contributed by atoms with Gasteiger partial charge in [0.2, 0.25) is 0 Å². The molecule has 3 nitrogen and oxygen atoms in total. The van der Waals surface area contributed by atoms with Crippen molar-refractivity contribution < 1.29 is 4.74 Å². The molecule has 1 aliphatic heterocycles. The van der Waals surface area contributed by atoms with E-state index in [-0.39, 0.29) is 0 Å². The summed E-state index contributed by atoms with van der Waals surface area (Å²) in [5.74, 6) is 0.674. The van der Waals surface area contributed by atoms with E-state index in [2.05, 4.69) is 18.7 Å². The molecular formula is C12H24N2OS. The van der Waals surface area contributed by atoms with Gasteiger partial charge in [-0.1, -0.05) is 26.1 Å². The number of thiocarbonyl (C=S) groups is 1. The predicted octanol–water partition coefficient (Wildman–Crippen LogP) is 1.80. The van der Waals surface area contributed by atoms with Gasteiger partial charge in [0.1, 0.15) is 0 Å². The maximum atomic E-state index is 5.67. The second-order valence-corrected chi connectivity index (χ2v) is 5.53. The fourth-order valence-corrected chi connectivity index (χ4v) is 2.21. The first-order chi connectivity index (χ1) is 7.58. The molecule has 1 aliphatic rings. The summed E-state index contributed by atoms with van der Waals surface area (Å²) in [6.45, 7) is 8.50. The van der Waals surface area contributed by atoms with Crippen molar-refractivity contribution in [2.75, 3.05) is 26.2 Å². The molecule has 0 radical (unpaired) electrons. The molecule has 1 rings (SSSR count). The van der Waals surface area contributed by atoms with Crippen molar-refractivity contribution >= 4 is 17.2 Å². The summed E-state index contributed by atoms with van der Waals surface area (Å²) < 4.78 is 5.67. The average Bonchev–Trinajstić information content (AvgIpc) is 2.66. The van der Waals surface area contributed by atoms with E-state index in [0.717, 1.165) is 32.7 Å². The Kier molecular flexibility index (Phi) is 6.24. The summed E-state index contributed by atoms with van der Waals surface area (Å²) in [5, 5.41) is 0. The third kappa shape index (κ3) is 5.77. The lowest BCUT2D eigenvalue weighted by molar-refractivity contribution is 0.0702. The Morgan fingerprint density at radius 3 is 2.81 bits per heavy atom. The molecule has 0 aromatic rings. The minimum Gasteiger partial charge on any atom is -0.393 e. The summed E-state index contributed by atoms with van der Waals surface area (Å²) in [6, 6.07) is 0. The Bertz CT molecular complexity index is 215. The second-order valence-electron chi connectivity index (χ2n) is 5.00. The van der Waals surface area contributed by atoms with Crippen molar-refractivity contribution in [3.05, 3.63) is 0 Å². The van der Waals surface area contributed by atoms with E-state index in [1.54, 1.807) is 0 Å². The van der Waals surface area contributed by atoms with Gasteiger partial charge in [-0.3, -0.25) is 0 Å². The number of nitrogens with zero attached hydrogens (tertiary/aromatic N) is 1. The van der Waals surface area contributed by atoms with Crippen LogP contribution in [0.3, 0.4) is 0 Å². The van der Waals surface area contributed by atoms with Crippen LogP contribution in [0.25, 0.3) is 0 Å². The zero-order valence-electron chi connectivity index (χ0n) is 10.4. The standard InChI is InChI=1S/C12H24N2OS/c1-10(2)8-14(6-5-12(13)16)9-11-4-3-7-15-11/h10-11H,3-9H2,1-2H3,(H2,13,16). The molecule has 2 N–H and O–H groups in total. The van der Waals surface area contributed by atoms with E-state index in [1.165, 1.54) is 12.8 Å². The molecule has 1 heterocycles. The molecule has 0 aliphatic carbocycles. The highest BCUT2D eigenvalue weighted by Gasteiger charge is 2.19. The zero-order valence-corrected chi connectivity index (χ0v) is 11.3. The van der Waals surface area contributed by atoms with E-state index in [1.807, 2.05) is 0 Å². The van der Waals surface area contributed by atoms with E-state index in [4.69, 9.17) is 22.7 Å². The van der Waals surface area contributed by atoms with Crippen LogP contribution in [-0.4, -0.2) is 42.2 Å². The first-order valence-corrected chi connectivity index (χ1v) is 6.61. The molecule has 1 unspecified atom stereocenters. The van der Waals surface area contributed by atoms with Gasteiger partial charge in [-0.05, 0) is 18.8 Å². The van der Waals surface area contributed by atoms with Gasteiger partial charge in [-0.15, -0.1) is 0 Å². The third-order valence-corrected chi connectivity index (χ3v) is 2.99. The molecule has 16 heavy (non-hydrogen) atoms. The highest BCUT2D eigenvalue weighted by atomic mass is 32.1. The number of nitrogens with two attached hydrogens (primary N) is 1. The maximum absolute atomic E-state index is 5.67. The first-order valence-electron chi connectivity index (χ1n) is 6.20. The Morgan fingerprint density at radius 2 is 2.31 bits per heavy atom. The molecule has 1 atom stereocenters. The van der Waals surface area contributed by atoms with Crippen LogP contribution in [0.2, 0.25) is 0 Å². The van der Waals surface area contributed by atoms with Crippen LogP contribution in [0.1, 0.15) is 33.1 Å². The van der Waals surface area contributed by atoms with Crippen molar-refractivity contribution in [2.24, 2.45) is 11.7 Å². The van der Waals surface area contributed by atoms with Gasteiger partial charge >= 0.3 is 0 Å². The molecule has 4 heteroatoms. The molecule has 94 valence electrons. The molecule has 0 bridgehead atoms. The molecule has 0 aromatic carbocycles. The van der Waals surface area contributed by atoms with Gasteiger partial charge in [0, 0.05) is 32.7 Å². The van der Waals surface area contributed by atoms with E-state index >= 15 is 0 Å². The molecular weight excluding hydrogens is 220 g/mol. The maximum Gasteiger partial charge on any atom is 0.0740 e. The Balaban J connectivity index is 2.32. The van der Waals surface area contributed by atoms with Gasteiger partial charge in [-0.25, -0.2) is 0 Å². The van der Waals surface area contributed by atoms with Crippen LogP contribution in [0.5, 0.6) is 0 Å². The van der Waals surface area contributed by atoms with Gasteiger partial charge in [0.15, 0.2) is 0 Å². The lowest BCUT2D eigenvalue weighted by atomic mass is 10.1. The molecule has 0 amide bonds. The van der Waals surface area contributed by atoms with Crippen LogP contribution in [0.15, 0.2) is 0 Å². The van der Waals surface area contributed by atoms with Crippen molar-refractivity contribution in [3.63, 3.8) is 0 Å². The zero-order chi connectivity index (χ0) is 12.0. The van der Waals surface area contributed by atoms with Crippen LogP contribution >= 0.6 is 12.2 Å². The summed E-state index contributed by atoms with van der Waals surface area (Å²) in [7, 11) is 0. The molecule has 1 saturated heterocycles. The average molecular weight is 244 g/mol. The molecule has 1 fully saturated rings. The lowest BCUT2D eigenvalue weighted by Crippen LogP contribution is -2.36. The first kappa shape index (κ1) is 13.9. The monoisotopic (exact) mass is 244 g/mol. The topological polar surface area (TPSA) is 38.5 Å². The fourth-order valence-electron chi connectivity index (χ4n) is 2.12. The summed E-state index contributed by atoms with van der Waals surface area (Å²) in [6.07, 6.45) is 3.64. The van der Waals surface area contributed by atoms with E-state index in [0.29, 0.717) is 17.0 Å². The minimum atomic E-state index is 0.421. The SMILES string of the molecule is CC(C)CN(CCC(N)=S)CC1CCCO1. The molecule has 0 saturated carbocycles. The molecule has 0 spiro atoms.